The maximum atomic E-state index is 2.49. The van der Waals surface area contributed by atoms with Crippen molar-refractivity contribution in [2.45, 2.75) is 98.3 Å². The molecule has 0 fully saturated rings. The van der Waals surface area contributed by atoms with E-state index in [2.05, 4.69) is 34.1 Å². The summed E-state index contributed by atoms with van der Waals surface area (Å²) in [6, 6.07) is 0. The molecule has 0 saturated heterocycles. The average Bonchev–Trinajstić information content (AvgIpc) is 2.33. The predicted octanol–water partition coefficient (Wildman–Crippen LogP) is 6.79. The first kappa shape index (κ1) is 18.0. The minimum Gasteiger partial charge on any atom is -0.0654 e. The summed E-state index contributed by atoms with van der Waals surface area (Å²) in [5, 5.41) is 0. The van der Waals surface area contributed by atoms with Crippen molar-refractivity contribution < 1.29 is 0 Å². The third-order valence-electron chi connectivity index (χ3n) is 3.80. The molecule has 0 N–H and O–H groups in total. The van der Waals surface area contributed by atoms with Gasteiger partial charge in [0.1, 0.15) is 0 Å². The van der Waals surface area contributed by atoms with Gasteiger partial charge in [0.15, 0.2) is 0 Å². The molecule has 0 aromatic heterocycles. The Bertz CT molecular complexity index is 148. The lowest BCUT2D eigenvalue weighted by atomic mass is 9.95. The highest BCUT2D eigenvalue weighted by Crippen LogP contribution is 2.18. The summed E-state index contributed by atoms with van der Waals surface area (Å²) in [6.45, 7) is 9.33. The standard InChI is InChI=1S/C18H37/c1-5-6-7-8-9-10-11-15-18(4)16-13-12-14-17(2)3/h12,17-18H,5-11,13-16H2,1-4H3. The number of hydrogen-bond donors (Lipinski definition) is 0. The third-order valence-corrected chi connectivity index (χ3v) is 3.80. The molecule has 1 radical (unpaired) electrons. The molecule has 18 heavy (non-hydrogen) atoms. The molecule has 1 atom stereocenters. The van der Waals surface area contributed by atoms with Crippen LogP contribution in [-0.4, -0.2) is 0 Å². The molecule has 0 heterocycles. The maximum absolute atomic E-state index is 2.49. The first-order chi connectivity index (χ1) is 8.66. The van der Waals surface area contributed by atoms with E-state index in [-0.39, 0.29) is 0 Å². The fraction of sp³-hybridized carbons (Fsp3) is 0.944. The Hall–Kier alpha value is 0. The highest BCUT2D eigenvalue weighted by Gasteiger charge is 2.02. The van der Waals surface area contributed by atoms with Crippen LogP contribution in [0.4, 0.5) is 0 Å². The van der Waals surface area contributed by atoms with Gasteiger partial charge in [0.2, 0.25) is 0 Å². The Balaban J connectivity index is 3.14. The molecule has 1 unspecified atom stereocenters. The highest BCUT2D eigenvalue weighted by molar-refractivity contribution is 4.68. The SMILES string of the molecule is CCCCCCCCCC(C)CC[CH]CC(C)C. The van der Waals surface area contributed by atoms with Crippen LogP contribution in [0.3, 0.4) is 0 Å². The molecule has 0 saturated carbocycles. The summed E-state index contributed by atoms with van der Waals surface area (Å²) < 4.78 is 0. The Morgan fingerprint density at radius 2 is 1.39 bits per heavy atom. The first-order valence-electron chi connectivity index (χ1n) is 8.48. The van der Waals surface area contributed by atoms with Crippen molar-refractivity contribution in [2.24, 2.45) is 11.8 Å². The zero-order valence-electron chi connectivity index (χ0n) is 13.5. The van der Waals surface area contributed by atoms with Crippen LogP contribution in [0.1, 0.15) is 98.3 Å². The van der Waals surface area contributed by atoms with E-state index in [0.29, 0.717) is 0 Å². The van der Waals surface area contributed by atoms with E-state index in [1.807, 2.05) is 0 Å². The van der Waals surface area contributed by atoms with E-state index < -0.39 is 0 Å². The minimum atomic E-state index is 0.837. The fourth-order valence-electron chi connectivity index (χ4n) is 2.45. The number of unbranched alkanes of at least 4 members (excludes halogenated alkanes) is 7. The van der Waals surface area contributed by atoms with E-state index in [9.17, 15) is 0 Å². The van der Waals surface area contributed by atoms with Gasteiger partial charge in [-0.05, 0) is 31.1 Å². The smallest absolute Gasteiger partial charge is 0.0383 e. The van der Waals surface area contributed by atoms with Gasteiger partial charge in [-0.25, -0.2) is 0 Å². The monoisotopic (exact) mass is 253 g/mol. The van der Waals surface area contributed by atoms with Crippen LogP contribution in [-0.2, 0) is 0 Å². The van der Waals surface area contributed by atoms with Gasteiger partial charge in [0.05, 0.1) is 0 Å². The maximum Gasteiger partial charge on any atom is -0.0383 e. The summed E-state index contributed by atoms with van der Waals surface area (Å²) in [7, 11) is 0. The van der Waals surface area contributed by atoms with Crippen molar-refractivity contribution in [1.82, 2.24) is 0 Å². The molecule has 0 aromatic carbocycles. The second kappa shape index (κ2) is 13.4. The summed E-state index contributed by atoms with van der Waals surface area (Å²) >= 11 is 0. The largest absolute Gasteiger partial charge is 0.0654 e. The molecule has 0 aliphatic rings. The second-order valence-electron chi connectivity index (χ2n) is 6.51. The molecule has 0 aromatic rings. The lowest BCUT2D eigenvalue weighted by Gasteiger charge is -2.11. The third kappa shape index (κ3) is 14.1. The summed E-state index contributed by atoms with van der Waals surface area (Å²) in [5.41, 5.74) is 0. The van der Waals surface area contributed by atoms with Crippen molar-refractivity contribution in [3.63, 3.8) is 0 Å². The Labute approximate surface area is 117 Å². The Morgan fingerprint density at radius 1 is 0.778 bits per heavy atom. The highest BCUT2D eigenvalue weighted by atomic mass is 14.1. The van der Waals surface area contributed by atoms with Crippen molar-refractivity contribution in [2.75, 3.05) is 0 Å². The van der Waals surface area contributed by atoms with Gasteiger partial charge in [-0.2, -0.15) is 0 Å². The summed E-state index contributed by atoms with van der Waals surface area (Å²) in [4.78, 5) is 0. The predicted molar refractivity (Wildman–Crippen MR) is 84.8 cm³/mol. The van der Waals surface area contributed by atoms with E-state index >= 15 is 0 Å². The van der Waals surface area contributed by atoms with E-state index in [0.717, 1.165) is 11.8 Å². The van der Waals surface area contributed by atoms with Gasteiger partial charge in [0.25, 0.3) is 0 Å². The molecule has 0 heteroatoms. The van der Waals surface area contributed by atoms with Gasteiger partial charge in [-0.3, -0.25) is 0 Å². The van der Waals surface area contributed by atoms with Gasteiger partial charge in [-0.1, -0.05) is 85.5 Å². The molecule has 0 aliphatic carbocycles. The van der Waals surface area contributed by atoms with Gasteiger partial charge < -0.3 is 0 Å². The fourth-order valence-corrected chi connectivity index (χ4v) is 2.45. The lowest BCUT2D eigenvalue weighted by Crippen LogP contribution is -1.96. The molecular formula is C18H37. The van der Waals surface area contributed by atoms with Crippen LogP contribution in [0.25, 0.3) is 0 Å². The normalized spacial score (nSPS) is 13.2. The Kier molecular flexibility index (Phi) is 13.4. The minimum absolute atomic E-state index is 0.837. The topological polar surface area (TPSA) is 0 Å². The van der Waals surface area contributed by atoms with Crippen LogP contribution < -0.4 is 0 Å². The zero-order chi connectivity index (χ0) is 13.6. The molecule has 0 nitrogen and oxygen atoms in total. The van der Waals surface area contributed by atoms with Gasteiger partial charge in [0, 0.05) is 0 Å². The van der Waals surface area contributed by atoms with Crippen molar-refractivity contribution in [3.8, 4) is 0 Å². The lowest BCUT2D eigenvalue weighted by molar-refractivity contribution is 0.448. The van der Waals surface area contributed by atoms with Crippen molar-refractivity contribution in [3.05, 3.63) is 6.42 Å². The van der Waals surface area contributed by atoms with Crippen LogP contribution >= 0.6 is 0 Å². The van der Waals surface area contributed by atoms with Crippen LogP contribution in [0, 0.1) is 18.3 Å². The molecule has 0 bridgehead atoms. The van der Waals surface area contributed by atoms with Crippen molar-refractivity contribution in [1.29, 1.82) is 0 Å². The van der Waals surface area contributed by atoms with Crippen LogP contribution in [0.15, 0.2) is 0 Å². The molecule has 0 spiro atoms. The quantitative estimate of drug-likeness (QED) is 0.317. The summed E-state index contributed by atoms with van der Waals surface area (Å²) in [5.74, 6) is 1.77. The van der Waals surface area contributed by atoms with Crippen molar-refractivity contribution >= 4 is 0 Å². The van der Waals surface area contributed by atoms with E-state index in [4.69, 9.17) is 0 Å². The second-order valence-corrected chi connectivity index (χ2v) is 6.51. The van der Waals surface area contributed by atoms with Gasteiger partial charge >= 0.3 is 0 Å². The Morgan fingerprint density at radius 3 is 2.00 bits per heavy atom. The summed E-state index contributed by atoms with van der Waals surface area (Å²) in [6.07, 6.45) is 18.1. The molecule has 0 amide bonds. The van der Waals surface area contributed by atoms with Crippen LogP contribution in [0.2, 0.25) is 0 Å². The van der Waals surface area contributed by atoms with E-state index in [1.165, 1.54) is 70.6 Å². The molecule has 0 rings (SSSR count). The molecule has 0 aliphatic heterocycles. The van der Waals surface area contributed by atoms with Crippen LogP contribution in [0.5, 0.6) is 0 Å². The van der Waals surface area contributed by atoms with Gasteiger partial charge in [-0.15, -0.1) is 0 Å². The first-order valence-corrected chi connectivity index (χ1v) is 8.48. The average molecular weight is 253 g/mol. The zero-order valence-corrected chi connectivity index (χ0v) is 13.5. The number of hydrogen-bond acceptors (Lipinski definition) is 0. The van der Waals surface area contributed by atoms with E-state index in [1.54, 1.807) is 0 Å². The molecular weight excluding hydrogens is 216 g/mol. The molecule has 109 valence electrons. The number of rotatable bonds is 13.